The van der Waals surface area contributed by atoms with Gasteiger partial charge in [0, 0.05) is 0 Å². The monoisotopic (exact) mass is 245 g/mol. The van der Waals surface area contributed by atoms with Crippen LogP contribution in [0.3, 0.4) is 0 Å². The number of carboxylic acid groups (broad SMARTS) is 1. The lowest BCUT2D eigenvalue weighted by molar-refractivity contribution is -0.140. The van der Waals surface area contributed by atoms with Crippen LogP contribution in [-0.4, -0.2) is 28.8 Å². The number of carbonyl (C=O) groups excluding carboxylic acids is 1. The molecule has 0 aliphatic rings. The molecule has 2 atom stereocenters. The van der Waals surface area contributed by atoms with Crippen molar-refractivity contribution in [3.63, 3.8) is 0 Å². The van der Waals surface area contributed by atoms with Crippen LogP contribution in [0.4, 0.5) is 4.79 Å². The Morgan fingerprint density at radius 2 is 1.88 bits per heavy atom. The van der Waals surface area contributed by atoms with Gasteiger partial charge in [0.05, 0.1) is 0 Å². The molecule has 0 bridgehead atoms. The fraction of sp³-hybridized carbons (Fsp3) is 0.833. The SMILES string of the molecule is CC[C@@H](C)C[C@H](NC(=O)OC(C)(C)C)C(=O)O. The van der Waals surface area contributed by atoms with Crippen LogP contribution in [0.15, 0.2) is 0 Å². The minimum absolute atomic E-state index is 0.242. The second kappa shape index (κ2) is 6.47. The van der Waals surface area contributed by atoms with Gasteiger partial charge >= 0.3 is 12.1 Å². The molecule has 0 aromatic rings. The maximum atomic E-state index is 11.4. The van der Waals surface area contributed by atoms with Gasteiger partial charge in [0.15, 0.2) is 0 Å². The van der Waals surface area contributed by atoms with E-state index in [4.69, 9.17) is 9.84 Å². The number of rotatable bonds is 5. The third-order valence-corrected chi connectivity index (χ3v) is 2.32. The Kier molecular flexibility index (Phi) is 5.99. The summed E-state index contributed by atoms with van der Waals surface area (Å²) in [5, 5.41) is 11.4. The van der Waals surface area contributed by atoms with Crippen LogP contribution in [-0.2, 0) is 9.53 Å². The average molecular weight is 245 g/mol. The first-order valence-corrected chi connectivity index (χ1v) is 5.88. The van der Waals surface area contributed by atoms with Crippen LogP contribution in [0.2, 0.25) is 0 Å². The summed E-state index contributed by atoms with van der Waals surface area (Å²) in [5.41, 5.74) is -0.622. The summed E-state index contributed by atoms with van der Waals surface area (Å²) in [6, 6.07) is -0.889. The number of nitrogens with one attached hydrogen (secondary N) is 1. The quantitative estimate of drug-likeness (QED) is 0.779. The fourth-order valence-corrected chi connectivity index (χ4v) is 1.24. The van der Waals surface area contributed by atoms with Gasteiger partial charge in [-0.1, -0.05) is 20.3 Å². The van der Waals surface area contributed by atoms with E-state index in [9.17, 15) is 9.59 Å². The molecule has 100 valence electrons. The molecule has 0 spiro atoms. The summed E-state index contributed by atoms with van der Waals surface area (Å²) < 4.78 is 5.02. The molecule has 0 radical (unpaired) electrons. The zero-order valence-corrected chi connectivity index (χ0v) is 11.2. The second-order valence-electron chi connectivity index (χ2n) is 5.29. The van der Waals surface area contributed by atoms with Crippen LogP contribution in [0.1, 0.15) is 47.5 Å². The molecule has 2 N–H and O–H groups in total. The number of alkyl carbamates (subject to hydrolysis) is 1. The van der Waals surface area contributed by atoms with E-state index in [0.717, 1.165) is 6.42 Å². The largest absolute Gasteiger partial charge is 0.480 e. The Balaban J connectivity index is 4.35. The van der Waals surface area contributed by atoms with E-state index in [1.165, 1.54) is 0 Å². The third kappa shape index (κ3) is 7.60. The highest BCUT2D eigenvalue weighted by Crippen LogP contribution is 2.12. The molecule has 0 aromatic carbocycles. The smallest absolute Gasteiger partial charge is 0.408 e. The van der Waals surface area contributed by atoms with Gasteiger partial charge in [0.1, 0.15) is 11.6 Å². The van der Waals surface area contributed by atoms with Gasteiger partial charge in [-0.25, -0.2) is 9.59 Å². The van der Waals surface area contributed by atoms with E-state index in [-0.39, 0.29) is 5.92 Å². The molecule has 0 rings (SSSR count). The summed E-state index contributed by atoms with van der Waals surface area (Å²) in [6.07, 6.45) is 0.596. The minimum Gasteiger partial charge on any atom is -0.480 e. The first-order valence-electron chi connectivity index (χ1n) is 5.88. The number of aliphatic carboxylic acids is 1. The summed E-state index contributed by atoms with van der Waals surface area (Å²) in [4.78, 5) is 22.4. The topological polar surface area (TPSA) is 75.6 Å². The fourth-order valence-electron chi connectivity index (χ4n) is 1.24. The normalized spacial score (nSPS) is 14.9. The number of hydrogen-bond donors (Lipinski definition) is 2. The Labute approximate surface area is 103 Å². The van der Waals surface area contributed by atoms with Gasteiger partial charge in [-0.3, -0.25) is 0 Å². The molecule has 0 aromatic heterocycles. The highest BCUT2D eigenvalue weighted by Gasteiger charge is 2.24. The van der Waals surface area contributed by atoms with Crippen molar-refractivity contribution in [2.45, 2.75) is 59.1 Å². The van der Waals surface area contributed by atoms with Crippen molar-refractivity contribution in [2.75, 3.05) is 0 Å². The molecule has 17 heavy (non-hydrogen) atoms. The first-order chi connectivity index (χ1) is 7.65. The van der Waals surface area contributed by atoms with Crippen molar-refractivity contribution >= 4 is 12.1 Å². The van der Waals surface area contributed by atoms with E-state index < -0.39 is 23.7 Å². The zero-order chi connectivity index (χ0) is 13.6. The van der Waals surface area contributed by atoms with Gasteiger partial charge in [-0.15, -0.1) is 0 Å². The first kappa shape index (κ1) is 15.7. The maximum absolute atomic E-state index is 11.4. The number of hydrogen-bond acceptors (Lipinski definition) is 3. The van der Waals surface area contributed by atoms with Crippen molar-refractivity contribution in [1.82, 2.24) is 5.32 Å². The molecular formula is C12H23NO4. The standard InChI is InChI=1S/C12H23NO4/c1-6-8(2)7-9(10(14)15)13-11(16)17-12(3,4)5/h8-9H,6-7H2,1-5H3,(H,13,16)(H,14,15)/t8-,9+/m1/s1. The van der Waals surface area contributed by atoms with Gasteiger partial charge in [-0.2, -0.15) is 0 Å². The summed E-state index contributed by atoms with van der Waals surface area (Å²) in [6.45, 7) is 9.13. The van der Waals surface area contributed by atoms with Gasteiger partial charge < -0.3 is 15.2 Å². The molecular weight excluding hydrogens is 222 g/mol. The highest BCUT2D eigenvalue weighted by molar-refractivity contribution is 5.79. The lowest BCUT2D eigenvalue weighted by atomic mass is 9.99. The van der Waals surface area contributed by atoms with Crippen molar-refractivity contribution < 1.29 is 19.4 Å². The van der Waals surface area contributed by atoms with Gasteiger partial charge in [0.25, 0.3) is 0 Å². The Morgan fingerprint density at radius 3 is 2.24 bits per heavy atom. The predicted octanol–water partition coefficient (Wildman–Crippen LogP) is 2.40. The predicted molar refractivity (Wildman–Crippen MR) is 64.9 cm³/mol. The molecule has 0 unspecified atom stereocenters. The minimum atomic E-state index is -1.03. The summed E-state index contributed by atoms with van der Waals surface area (Å²) in [7, 11) is 0. The van der Waals surface area contributed by atoms with E-state index >= 15 is 0 Å². The molecule has 5 nitrogen and oxygen atoms in total. The molecule has 0 saturated carbocycles. The summed E-state index contributed by atoms with van der Waals surface area (Å²) in [5.74, 6) is -0.790. The van der Waals surface area contributed by atoms with E-state index in [0.29, 0.717) is 6.42 Å². The van der Waals surface area contributed by atoms with E-state index in [1.807, 2.05) is 13.8 Å². The van der Waals surface area contributed by atoms with Crippen LogP contribution >= 0.6 is 0 Å². The lowest BCUT2D eigenvalue weighted by Crippen LogP contribution is -2.44. The van der Waals surface area contributed by atoms with Crippen LogP contribution in [0.5, 0.6) is 0 Å². The Bertz CT molecular complexity index is 270. The molecule has 0 fully saturated rings. The van der Waals surface area contributed by atoms with Crippen molar-refractivity contribution in [1.29, 1.82) is 0 Å². The number of amides is 1. The van der Waals surface area contributed by atoms with Crippen molar-refractivity contribution in [3.05, 3.63) is 0 Å². The van der Waals surface area contributed by atoms with Crippen LogP contribution < -0.4 is 5.32 Å². The van der Waals surface area contributed by atoms with Gasteiger partial charge in [-0.05, 0) is 33.1 Å². The van der Waals surface area contributed by atoms with Crippen molar-refractivity contribution in [2.24, 2.45) is 5.92 Å². The zero-order valence-electron chi connectivity index (χ0n) is 11.2. The molecule has 5 heteroatoms. The highest BCUT2D eigenvalue weighted by atomic mass is 16.6. The molecule has 0 aliphatic carbocycles. The maximum Gasteiger partial charge on any atom is 0.408 e. The summed E-state index contributed by atoms with van der Waals surface area (Å²) >= 11 is 0. The molecule has 0 saturated heterocycles. The number of carboxylic acids is 1. The third-order valence-electron chi connectivity index (χ3n) is 2.32. The number of carbonyl (C=O) groups is 2. The van der Waals surface area contributed by atoms with E-state index in [2.05, 4.69) is 5.32 Å². The Hall–Kier alpha value is -1.26. The molecule has 1 amide bonds. The van der Waals surface area contributed by atoms with E-state index in [1.54, 1.807) is 20.8 Å². The second-order valence-corrected chi connectivity index (χ2v) is 5.29. The number of ether oxygens (including phenoxy) is 1. The molecule has 0 heterocycles. The van der Waals surface area contributed by atoms with Gasteiger partial charge in [0.2, 0.25) is 0 Å². The lowest BCUT2D eigenvalue weighted by Gasteiger charge is -2.23. The van der Waals surface area contributed by atoms with Crippen LogP contribution in [0.25, 0.3) is 0 Å². The molecule has 0 aliphatic heterocycles. The van der Waals surface area contributed by atoms with Crippen LogP contribution in [0, 0.1) is 5.92 Å². The average Bonchev–Trinajstić information content (AvgIpc) is 2.13. The Morgan fingerprint density at radius 1 is 1.35 bits per heavy atom. The van der Waals surface area contributed by atoms with Crippen molar-refractivity contribution in [3.8, 4) is 0 Å².